The SMILES string of the molecule is CC(=O)N1CCc2cc(S(=O)(=O)NCc3ccc4c(c3)OCO4)ccc21. The number of sulfonamides is 1. The Labute approximate surface area is 151 Å². The predicted molar refractivity (Wildman–Crippen MR) is 94.8 cm³/mol. The molecule has 1 amide bonds. The van der Waals surface area contributed by atoms with Crippen molar-refractivity contribution >= 4 is 21.6 Å². The van der Waals surface area contributed by atoms with Crippen LogP contribution in [0.15, 0.2) is 41.3 Å². The summed E-state index contributed by atoms with van der Waals surface area (Å²) >= 11 is 0. The molecule has 2 heterocycles. The Morgan fingerprint density at radius 3 is 2.77 bits per heavy atom. The van der Waals surface area contributed by atoms with E-state index in [1.54, 1.807) is 35.2 Å². The van der Waals surface area contributed by atoms with Gasteiger partial charge in [-0.3, -0.25) is 4.79 Å². The number of rotatable bonds is 4. The van der Waals surface area contributed by atoms with E-state index in [4.69, 9.17) is 9.47 Å². The minimum absolute atomic E-state index is 0.0414. The van der Waals surface area contributed by atoms with Crippen molar-refractivity contribution in [3.63, 3.8) is 0 Å². The summed E-state index contributed by atoms with van der Waals surface area (Å²) in [7, 11) is -3.66. The van der Waals surface area contributed by atoms with Crippen LogP contribution in [0.4, 0.5) is 5.69 Å². The first-order chi connectivity index (χ1) is 12.4. The fourth-order valence-electron chi connectivity index (χ4n) is 3.18. The third-order valence-electron chi connectivity index (χ3n) is 4.54. The van der Waals surface area contributed by atoms with Crippen molar-refractivity contribution < 1.29 is 22.7 Å². The Kier molecular flexibility index (Phi) is 4.08. The molecule has 2 aliphatic rings. The van der Waals surface area contributed by atoms with Gasteiger partial charge in [-0.15, -0.1) is 0 Å². The Bertz CT molecular complexity index is 987. The van der Waals surface area contributed by atoms with Crippen LogP contribution in [-0.4, -0.2) is 27.7 Å². The largest absolute Gasteiger partial charge is 0.454 e. The van der Waals surface area contributed by atoms with E-state index >= 15 is 0 Å². The maximum atomic E-state index is 12.6. The highest BCUT2D eigenvalue weighted by atomic mass is 32.2. The minimum Gasteiger partial charge on any atom is -0.454 e. The molecule has 0 bridgehead atoms. The van der Waals surface area contributed by atoms with Crippen molar-refractivity contribution in [3.8, 4) is 11.5 Å². The van der Waals surface area contributed by atoms with Crippen LogP contribution >= 0.6 is 0 Å². The van der Waals surface area contributed by atoms with Gasteiger partial charge in [-0.2, -0.15) is 0 Å². The van der Waals surface area contributed by atoms with Crippen molar-refractivity contribution in [2.75, 3.05) is 18.2 Å². The summed E-state index contributed by atoms with van der Waals surface area (Å²) in [6.07, 6.45) is 0.653. The molecule has 2 aliphatic heterocycles. The summed E-state index contributed by atoms with van der Waals surface area (Å²) in [6.45, 7) is 2.41. The van der Waals surface area contributed by atoms with Crippen LogP contribution in [0.2, 0.25) is 0 Å². The molecule has 0 unspecified atom stereocenters. The summed E-state index contributed by atoms with van der Waals surface area (Å²) in [5, 5.41) is 0. The molecular formula is C18H18N2O5S. The van der Waals surface area contributed by atoms with Gasteiger partial charge in [0, 0.05) is 25.7 Å². The van der Waals surface area contributed by atoms with Gasteiger partial charge in [-0.1, -0.05) is 6.07 Å². The first kappa shape index (κ1) is 16.9. The summed E-state index contributed by atoms with van der Waals surface area (Å²) < 4.78 is 38.4. The van der Waals surface area contributed by atoms with Crippen molar-refractivity contribution in [2.24, 2.45) is 0 Å². The van der Waals surface area contributed by atoms with Gasteiger partial charge in [-0.05, 0) is 47.9 Å². The number of amides is 1. The Balaban J connectivity index is 1.51. The van der Waals surface area contributed by atoms with Crippen molar-refractivity contribution in [3.05, 3.63) is 47.5 Å². The molecule has 2 aromatic rings. The number of nitrogens with one attached hydrogen (secondary N) is 1. The van der Waals surface area contributed by atoms with E-state index in [1.165, 1.54) is 13.0 Å². The number of ether oxygens (including phenoxy) is 2. The van der Waals surface area contributed by atoms with Crippen molar-refractivity contribution in [1.29, 1.82) is 0 Å². The van der Waals surface area contributed by atoms with Crippen molar-refractivity contribution in [1.82, 2.24) is 4.72 Å². The van der Waals surface area contributed by atoms with E-state index in [0.717, 1.165) is 16.8 Å². The molecule has 0 saturated carbocycles. The number of carbonyl (C=O) groups excluding carboxylic acids is 1. The molecule has 0 atom stereocenters. The van der Waals surface area contributed by atoms with Crippen LogP contribution in [0.5, 0.6) is 11.5 Å². The molecule has 1 N–H and O–H groups in total. The summed E-state index contributed by atoms with van der Waals surface area (Å²) in [5.74, 6) is 1.23. The first-order valence-electron chi connectivity index (χ1n) is 8.23. The van der Waals surface area contributed by atoms with E-state index in [-0.39, 0.29) is 24.1 Å². The average Bonchev–Trinajstić information content (AvgIpc) is 3.25. The van der Waals surface area contributed by atoms with Crippen molar-refractivity contribution in [2.45, 2.75) is 24.8 Å². The third-order valence-corrected chi connectivity index (χ3v) is 5.94. The molecule has 4 rings (SSSR count). The molecular weight excluding hydrogens is 356 g/mol. The lowest BCUT2D eigenvalue weighted by Crippen LogP contribution is -2.26. The van der Waals surface area contributed by atoms with Crippen LogP contribution in [0.3, 0.4) is 0 Å². The third kappa shape index (κ3) is 3.02. The lowest BCUT2D eigenvalue weighted by Gasteiger charge is -2.15. The zero-order chi connectivity index (χ0) is 18.3. The van der Waals surface area contributed by atoms with E-state index in [1.807, 2.05) is 0 Å². The number of fused-ring (bicyclic) bond motifs is 2. The van der Waals surface area contributed by atoms with Gasteiger partial charge < -0.3 is 14.4 Å². The lowest BCUT2D eigenvalue weighted by molar-refractivity contribution is -0.116. The molecule has 0 spiro atoms. The molecule has 0 fully saturated rings. The second-order valence-electron chi connectivity index (χ2n) is 6.22. The molecule has 7 nitrogen and oxygen atoms in total. The molecule has 0 aromatic heterocycles. The molecule has 0 aliphatic carbocycles. The number of carbonyl (C=O) groups is 1. The van der Waals surface area contributed by atoms with Gasteiger partial charge in [0.1, 0.15) is 0 Å². The predicted octanol–water partition coefficient (Wildman–Crippen LogP) is 1.80. The summed E-state index contributed by atoms with van der Waals surface area (Å²) in [5.41, 5.74) is 2.43. The first-order valence-corrected chi connectivity index (χ1v) is 9.71. The zero-order valence-corrected chi connectivity index (χ0v) is 15.0. The minimum atomic E-state index is -3.66. The number of hydrogen-bond donors (Lipinski definition) is 1. The van der Waals surface area contributed by atoms with Crippen LogP contribution in [-0.2, 0) is 27.8 Å². The number of nitrogens with zero attached hydrogens (tertiary/aromatic N) is 1. The maximum absolute atomic E-state index is 12.6. The summed E-state index contributed by atoms with van der Waals surface area (Å²) in [4.78, 5) is 13.5. The fourth-order valence-corrected chi connectivity index (χ4v) is 4.25. The van der Waals surface area contributed by atoms with E-state index < -0.39 is 10.0 Å². The highest BCUT2D eigenvalue weighted by molar-refractivity contribution is 7.89. The number of anilines is 1. The Hall–Kier alpha value is -2.58. The number of hydrogen-bond acceptors (Lipinski definition) is 5. The van der Waals surface area contributed by atoms with E-state index in [9.17, 15) is 13.2 Å². The van der Waals surface area contributed by atoms with Crippen LogP contribution in [0.1, 0.15) is 18.1 Å². The monoisotopic (exact) mass is 374 g/mol. The van der Waals surface area contributed by atoms with Crippen LogP contribution in [0, 0.1) is 0 Å². The molecule has 0 radical (unpaired) electrons. The van der Waals surface area contributed by atoms with E-state index in [2.05, 4.69) is 4.72 Å². The fraction of sp³-hybridized carbons (Fsp3) is 0.278. The smallest absolute Gasteiger partial charge is 0.240 e. The summed E-state index contributed by atoms with van der Waals surface area (Å²) in [6, 6.07) is 10.2. The molecule has 8 heteroatoms. The normalized spacial score (nSPS) is 15.2. The highest BCUT2D eigenvalue weighted by Gasteiger charge is 2.24. The van der Waals surface area contributed by atoms with Gasteiger partial charge >= 0.3 is 0 Å². The van der Waals surface area contributed by atoms with Gasteiger partial charge in [0.15, 0.2) is 11.5 Å². The van der Waals surface area contributed by atoms with Gasteiger partial charge in [0.2, 0.25) is 22.7 Å². The molecule has 0 saturated heterocycles. The van der Waals surface area contributed by atoms with Gasteiger partial charge in [0.05, 0.1) is 4.90 Å². The molecule has 136 valence electrons. The molecule has 2 aromatic carbocycles. The Morgan fingerprint density at radius 1 is 1.15 bits per heavy atom. The van der Waals surface area contributed by atoms with Crippen LogP contribution in [0.25, 0.3) is 0 Å². The lowest BCUT2D eigenvalue weighted by atomic mass is 10.2. The zero-order valence-electron chi connectivity index (χ0n) is 14.2. The molecule has 26 heavy (non-hydrogen) atoms. The van der Waals surface area contributed by atoms with Crippen LogP contribution < -0.4 is 19.1 Å². The van der Waals surface area contributed by atoms with Gasteiger partial charge in [-0.25, -0.2) is 13.1 Å². The quantitative estimate of drug-likeness (QED) is 0.882. The highest BCUT2D eigenvalue weighted by Crippen LogP contribution is 2.33. The van der Waals surface area contributed by atoms with Gasteiger partial charge in [0.25, 0.3) is 0 Å². The Morgan fingerprint density at radius 2 is 1.96 bits per heavy atom. The second-order valence-corrected chi connectivity index (χ2v) is 7.99. The topological polar surface area (TPSA) is 84.9 Å². The average molecular weight is 374 g/mol. The number of benzene rings is 2. The van der Waals surface area contributed by atoms with E-state index in [0.29, 0.717) is 24.5 Å². The standard InChI is InChI=1S/C18H18N2O5S/c1-12(21)20-7-6-14-9-15(3-4-16(14)20)26(22,23)19-10-13-2-5-17-18(8-13)25-11-24-17/h2-5,8-9,19H,6-7,10-11H2,1H3. The maximum Gasteiger partial charge on any atom is 0.240 e. The second kappa shape index (κ2) is 6.30.